The topological polar surface area (TPSA) is 44.5 Å². The van der Waals surface area contributed by atoms with Gasteiger partial charge in [-0.3, -0.25) is 0 Å². The number of ether oxygens (including phenoxy) is 2. The number of hydrogen-bond donors (Lipinski definition) is 1. The summed E-state index contributed by atoms with van der Waals surface area (Å²) >= 11 is 0. The second kappa shape index (κ2) is 8.25. The van der Waals surface area contributed by atoms with E-state index in [1.54, 1.807) is 18.2 Å². The number of rotatable bonds is 8. The summed E-state index contributed by atoms with van der Waals surface area (Å²) in [6.07, 6.45) is -0.441. The molecule has 0 bridgehead atoms. The lowest BCUT2D eigenvalue weighted by Gasteiger charge is -2.22. The molecule has 0 fully saturated rings. The molecule has 0 amide bonds. The highest BCUT2D eigenvalue weighted by atomic mass is 19.1. The summed E-state index contributed by atoms with van der Waals surface area (Å²) in [6, 6.07) is 6.29. The summed E-state index contributed by atoms with van der Waals surface area (Å²) in [4.78, 5) is 0. The van der Waals surface area contributed by atoms with Crippen LogP contribution in [0.4, 0.5) is 4.39 Å². The normalized spacial score (nSPS) is 14.6. The highest BCUT2D eigenvalue weighted by Gasteiger charge is 2.19. The van der Waals surface area contributed by atoms with Crippen LogP contribution in [0.1, 0.15) is 32.4 Å². The van der Waals surface area contributed by atoms with Crippen molar-refractivity contribution in [1.29, 1.82) is 0 Å². The molecule has 2 unspecified atom stereocenters. The first-order valence-corrected chi connectivity index (χ1v) is 6.71. The van der Waals surface area contributed by atoms with Crippen LogP contribution >= 0.6 is 0 Å². The van der Waals surface area contributed by atoms with E-state index in [2.05, 4.69) is 13.8 Å². The maximum absolute atomic E-state index is 13.7. The molecular weight excluding hydrogens is 245 g/mol. The zero-order chi connectivity index (χ0) is 14.3. The number of nitrogens with two attached hydrogens (primary N) is 1. The largest absolute Gasteiger partial charge is 0.379 e. The van der Waals surface area contributed by atoms with E-state index in [0.717, 1.165) is 0 Å². The van der Waals surface area contributed by atoms with Crippen molar-refractivity contribution in [3.63, 3.8) is 0 Å². The second-order valence-electron chi connectivity index (χ2n) is 5.14. The SMILES string of the molecule is CC(C)COCCOC(c1ccccc1F)C(C)N. The van der Waals surface area contributed by atoms with Gasteiger partial charge in [0.2, 0.25) is 0 Å². The maximum atomic E-state index is 13.7. The highest BCUT2D eigenvalue weighted by molar-refractivity contribution is 5.21. The van der Waals surface area contributed by atoms with Gasteiger partial charge in [-0.1, -0.05) is 32.0 Å². The molecule has 2 atom stereocenters. The number of halogens is 1. The minimum absolute atomic E-state index is 0.276. The van der Waals surface area contributed by atoms with E-state index in [1.807, 2.05) is 6.92 Å². The van der Waals surface area contributed by atoms with Gasteiger partial charge in [-0.25, -0.2) is 4.39 Å². The molecular formula is C15H24FNO2. The van der Waals surface area contributed by atoms with Crippen LogP contribution in [0.3, 0.4) is 0 Å². The van der Waals surface area contributed by atoms with Gasteiger partial charge in [-0.15, -0.1) is 0 Å². The molecule has 19 heavy (non-hydrogen) atoms. The van der Waals surface area contributed by atoms with Crippen LogP contribution < -0.4 is 5.73 Å². The van der Waals surface area contributed by atoms with Crippen LogP contribution in [-0.4, -0.2) is 25.9 Å². The molecule has 0 radical (unpaired) electrons. The first kappa shape index (κ1) is 16.1. The van der Waals surface area contributed by atoms with Crippen molar-refractivity contribution < 1.29 is 13.9 Å². The van der Waals surface area contributed by atoms with E-state index in [-0.39, 0.29) is 11.9 Å². The third-order valence-corrected chi connectivity index (χ3v) is 2.67. The Bertz CT molecular complexity index is 369. The van der Waals surface area contributed by atoms with Crippen molar-refractivity contribution in [2.45, 2.75) is 32.9 Å². The summed E-state index contributed by atoms with van der Waals surface area (Å²) in [5.41, 5.74) is 6.37. The van der Waals surface area contributed by atoms with Gasteiger partial charge in [0.15, 0.2) is 0 Å². The lowest BCUT2D eigenvalue weighted by Crippen LogP contribution is -2.28. The van der Waals surface area contributed by atoms with E-state index in [0.29, 0.717) is 31.3 Å². The first-order valence-electron chi connectivity index (χ1n) is 6.71. The standard InChI is InChI=1S/C15H24FNO2/c1-11(2)10-18-8-9-19-15(12(3)17)13-6-4-5-7-14(13)16/h4-7,11-12,15H,8-10,17H2,1-3H3. The Hall–Kier alpha value is -0.970. The first-order chi connectivity index (χ1) is 9.02. The van der Waals surface area contributed by atoms with Crippen molar-refractivity contribution in [1.82, 2.24) is 0 Å². The molecule has 0 aromatic heterocycles. The average molecular weight is 269 g/mol. The van der Waals surface area contributed by atoms with Crippen LogP contribution in [0.5, 0.6) is 0 Å². The number of benzene rings is 1. The highest BCUT2D eigenvalue weighted by Crippen LogP contribution is 2.22. The van der Waals surface area contributed by atoms with Gasteiger partial charge in [0.05, 0.1) is 13.2 Å². The Morgan fingerprint density at radius 1 is 1.16 bits per heavy atom. The smallest absolute Gasteiger partial charge is 0.129 e. The molecule has 0 saturated carbocycles. The summed E-state index contributed by atoms with van der Waals surface area (Å²) in [7, 11) is 0. The van der Waals surface area contributed by atoms with Gasteiger partial charge in [0.25, 0.3) is 0 Å². The van der Waals surface area contributed by atoms with Crippen LogP contribution in [0.2, 0.25) is 0 Å². The van der Waals surface area contributed by atoms with Crippen molar-refractivity contribution in [3.8, 4) is 0 Å². The Labute approximate surface area is 114 Å². The van der Waals surface area contributed by atoms with E-state index in [4.69, 9.17) is 15.2 Å². The molecule has 0 saturated heterocycles. The van der Waals surface area contributed by atoms with Gasteiger partial charge in [0, 0.05) is 18.2 Å². The fourth-order valence-corrected chi connectivity index (χ4v) is 1.78. The molecule has 0 aliphatic carbocycles. The van der Waals surface area contributed by atoms with E-state index in [1.165, 1.54) is 6.07 Å². The van der Waals surface area contributed by atoms with Crippen molar-refractivity contribution in [3.05, 3.63) is 35.6 Å². The fourth-order valence-electron chi connectivity index (χ4n) is 1.78. The average Bonchev–Trinajstić information content (AvgIpc) is 2.34. The molecule has 0 aliphatic heterocycles. The van der Waals surface area contributed by atoms with E-state index >= 15 is 0 Å². The van der Waals surface area contributed by atoms with Crippen molar-refractivity contribution >= 4 is 0 Å². The number of hydrogen-bond acceptors (Lipinski definition) is 3. The van der Waals surface area contributed by atoms with Gasteiger partial charge >= 0.3 is 0 Å². The van der Waals surface area contributed by atoms with E-state index in [9.17, 15) is 4.39 Å². The van der Waals surface area contributed by atoms with Gasteiger partial charge in [0.1, 0.15) is 11.9 Å². The Morgan fingerprint density at radius 2 is 1.84 bits per heavy atom. The molecule has 0 aliphatic rings. The lowest BCUT2D eigenvalue weighted by atomic mass is 10.0. The molecule has 4 heteroatoms. The third kappa shape index (κ3) is 5.68. The monoisotopic (exact) mass is 269 g/mol. The molecule has 1 rings (SSSR count). The Morgan fingerprint density at radius 3 is 2.42 bits per heavy atom. The second-order valence-corrected chi connectivity index (χ2v) is 5.14. The third-order valence-electron chi connectivity index (χ3n) is 2.67. The maximum Gasteiger partial charge on any atom is 0.129 e. The van der Waals surface area contributed by atoms with Crippen LogP contribution in [-0.2, 0) is 9.47 Å². The predicted octanol–water partition coefficient (Wildman–Crippen LogP) is 2.90. The summed E-state index contributed by atoms with van der Waals surface area (Å²) in [5, 5.41) is 0. The molecule has 3 nitrogen and oxygen atoms in total. The summed E-state index contributed by atoms with van der Waals surface area (Å²) < 4.78 is 24.8. The summed E-state index contributed by atoms with van der Waals surface area (Å²) in [5.74, 6) is 0.212. The van der Waals surface area contributed by atoms with Crippen LogP contribution in [0.25, 0.3) is 0 Å². The lowest BCUT2D eigenvalue weighted by molar-refractivity contribution is -0.0109. The van der Waals surface area contributed by atoms with Gasteiger partial charge < -0.3 is 15.2 Å². The minimum atomic E-state index is -0.441. The Kier molecular flexibility index (Phi) is 6.99. The zero-order valence-electron chi connectivity index (χ0n) is 11.9. The van der Waals surface area contributed by atoms with Crippen LogP contribution in [0.15, 0.2) is 24.3 Å². The summed E-state index contributed by atoms with van der Waals surface area (Å²) in [6.45, 7) is 7.59. The molecule has 108 valence electrons. The van der Waals surface area contributed by atoms with Gasteiger partial charge in [-0.05, 0) is 18.9 Å². The predicted molar refractivity (Wildman–Crippen MR) is 74.4 cm³/mol. The quantitative estimate of drug-likeness (QED) is 0.738. The van der Waals surface area contributed by atoms with E-state index < -0.39 is 6.10 Å². The molecule has 0 spiro atoms. The zero-order valence-corrected chi connectivity index (χ0v) is 11.9. The van der Waals surface area contributed by atoms with Crippen molar-refractivity contribution in [2.75, 3.05) is 19.8 Å². The van der Waals surface area contributed by atoms with Crippen molar-refractivity contribution in [2.24, 2.45) is 11.7 Å². The molecule has 1 aromatic rings. The fraction of sp³-hybridized carbons (Fsp3) is 0.600. The molecule has 2 N–H and O–H groups in total. The molecule has 1 aromatic carbocycles. The van der Waals surface area contributed by atoms with Gasteiger partial charge in [-0.2, -0.15) is 0 Å². The van der Waals surface area contributed by atoms with Crippen LogP contribution in [0, 0.1) is 11.7 Å². The molecule has 0 heterocycles. The minimum Gasteiger partial charge on any atom is -0.379 e. The Balaban J connectivity index is 2.48.